The molecule has 0 heterocycles. The van der Waals surface area contributed by atoms with Crippen LogP contribution in [0.2, 0.25) is 5.02 Å². The van der Waals surface area contributed by atoms with Gasteiger partial charge >= 0.3 is 0 Å². The van der Waals surface area contributed by atoms with Crippen molar-refractivity contribution in [1.82, 2.24) is 10.2 Å². The lowest BCUT2D eigenvalue weighted by molar-refractivity contribution is -0.142. The van der Waals surface area contributed by atoms with Gasteiger partial charge in [0.25, 0.3) is 5.91 Å². The fourth-order valence-electron chi connectivity index (χ4n) is 3.57. The predicted molar refractivity (Wildman–Crippen MR) is 121 cm³/mol. The number of benzene rings is 2. The highest BCUT2D eigenvalue weighted by Gasteiger charge is 2.28. The quantitative estimate of drug-likeness (QED) is 0.566. The van der Waals surface area contributed by atoms with E-state index in [0.717, 1.165) is 31.2 Å². The van der Waals surface area contributed by atoms with E-state index in [-0.39, 0.29) is 24.5 Å². The van der Waals surface area contributed by atoms with Crippen LogP contribution in [0.1, 0.15) is 38.2 Å². The molecule has 1 unspecified atom stereocenters. The highest BCUT2D eigenvalue weighted by Crippen LogP contribution is 2.28. The zero-order valence-corrected chi connectivity index (χ0v) is 19.3. The van der Waals surface area contributed by atoms with Gasteiger partial charge in [0.2, 0.25) is 5.91 Å². The van der Waals surface area contributed by atoms with Gasteiger partial charge in [-0.2, -0.15) is 0 Å². The second-order valence-corrected chi connectivity index (χ2v) is 8.83. The molecular formula is C23H26BrClN2O3. The van der Waals surface area contributed by atoms with Gasteiger partial charge in [-0.15, -0.1) is 0 Å². The fraction of sp³-hybridized carbons (Fsp3) is 0.391. The summed E-state index contributed by atoms with van der Waals surface area (Å²) < 4.78 is 6.38. The van der Waals surface area contributed by atoms with E-state index in [1.165, 1.54) is 0 Å². The van der Waals surface area contributed by atoms with Crippen molar-refractivity contribution >= 4 is 39.3 Å². The molecule has 1 aliphatic rings. The van der Waals surface area contributed by atoms with Crippen LogP contribution in [0.25, 0.3) is 0 Å². The van der Waals surface area contributed by atoms with E-state index >= 15 is 0 Å². The molecule has 0 aliphatic heterocycles. The molecule has 5 nitrogen and oxygen atoms in total. The van der Waals surface area contributed by atoms with Crippen molar-refractivity contribution in [3.05, 3.63) is 63.6 Å². The van der Waals surface area contributed by atoms with E-state index in [0.29, 0.717) is 21.8 Å². The number of halogens is 2. The van der Waals surface area contributed by atoms with Crippen molar-refractivity contribution in [3.8, 4) is 5.75 Å². The summed E-state index contributed by atoms with van der Waals surface area (Å²) in [5, 5.41) is 3.67. The molecule has 0 aromatic heterocycles. The van der Waals surface area contributed by atoms with E-state index in [1.54, 1.807) is 30.0 Å². The van der Waals surface area contributed by atoms with Crippen LogP contribution >= 0.6 is 27.5 Å². The molecule has 1 fully saturated rings. The highest BCUT2D eigenvalue weighted by atomic mass is 79.9. The summed E-state index contributed by atoms with van der Waals surface area (Å²) in [7, 11) is 0. The first-order valence-corrected chi connectivity index (χ1v) is 11.3. The predicted octanol–water partition coefficient (Wildman–Crippen LogP) is 4.96. The van der Waals surface area contributed by atoms with Gasteiger partial charge in [0.15, 0.2) is 6.61 Å². The lowest BCUT2D eigenvalue weighted by atomic mass is 10.1. The maximum atomic E-state index is 13.1. The molecule has 1 aliphatic carbocycles. The number of hydrogen-bond donors (Lipinski definition) is 1. The van der Waals surface area contributed by atoms with Gasteiger partial charge in [0.05, 0.1) is 4.47 Å². The molecule has 0 saturated heterocycles. The van der Waals surface area contributed by atoms with Crippen molar-refractivity contribution in [3.63, 3.8) is 0 Å². The van der Waals surface area contributed by atoms with Crippen molar-refractivity contribution in [2.45, 2.75) is 51.2 Å². The van der Waals surface area contributed by atoms with Crippen LogP contribution in [0.3, 0.4) is 0 Å². The SMILES string of the molecule is CC(C(=O)NC1CCCC1)N(Cc1ccccc1)C(=O)COc1ccc(Cl)cc1Br. The lowest BCUT2D eigenvalue weighted by Gasteiger charge is -2.29. The minimum atomic E-state index is -0.601. The Labute approximate surface area is 190 Å². The molecule has 2 aromatic carbocycles. The number of nitrogens with one attached hydrogen (secondary N) is 1. The number of amides is 2. The zero-order chi connectivity index (χ0) is 21.5. The first-order valence-electron chi connectivity index (χ1n) is 10.2. The summed E-state index contributed by atoms with van der Waals surface area (Å²) in [4.78, 5) is 27.5. The molecule has 1 N–H and O–H groups in total. The van der Waals surface area contributed by atoms with Crippen molar-refractivity contribution in [2.24, 2.45) is 0 Å². The van der Waals surface area contributed by atoms with Gasteiger partial charge in [-0.3, -0.25) is 9.59 Å². The highest BCUT2D eigenvalue weighted by molar-refractivity contribution is 9.10. The van der Waals surface area contributed by atoms with Gasteiger partial charge in [-0.05, 0) is 59.5 Å². The van der Waals surface area contributed by atoms with Crippen LogP contribution in [0.15, 0.2) is 53.0 Å². The maximum Gasteiger partial charge on any atom is 0.261 e. The Morgan fingerprint density at radius 1 is 1.20 bits per heavy atom. The van der Waals surface area contributed by atoms with E-state index in [2.05, 4.69) is 21.2 Å². The first kappa shape index (κ1) is 22.6. The molecule has 30 heavy (non-hydrogen) atoms. The molecule has 7 heteroatoms. The van der Waals surface area contributed by atoms with E-state index in [9.17, 15) is 9.59 Å². The molecule has 3 rings (SSSR count). The molecular weight excluding hydrogens is 468 g/mol. The van der Waals surface area contributed by atoms with Crippen LogP contribution < -0.4 is 10.1 Å². The fourth-order valence-corrected chi connectivity index (χ4v) is 4.37. The number of nitrogens with zero attached hydrogens (tertiary/aromatic N) is 1. The van der Waals surface area contributed by atoms with Gasteiger partial charge in [-0.1, -0.05) is 54.8 Å². The third-order valence-corrected chi connectivity index (χ3v) is 6.16. The molecule has 2 amide bonds. The van der Waals surface area contributed by atoms with Gasteiger partial charge in [0.1, 0.15) is 11.8 Å². The smallest absolute Gasteiger partial charge is 0.261 e. The largest absolute Gasteiger partial charge is 0.483 e. The lowest BCUT2D eigenvalue weighted by Crippen LogP contribution is -2.50. The molecule has 0 bridgehead atoms. The Morgan fingerprint density at radius 3 is 2.57 bits per heavy atom. The van der Waals surface area contributed by atoms with Crippen molar-refractivity contribution < 1.29 is 14.3 Å². The normalized spacial score (nSPS) is 14.9. The Morgan fingerprint density at radius 2 is 1.90 bits per heavy atom. The summed E-state index contributed by atoms with van der Waals surface area (Å²) in [5.74, 6) is 0.143. The second-order valence-electron chi connectivity index (χ2n) is 7.54. The Hall–Kier alpha value is -2.05. The Kier molecular flexibility index (Phi) is 8.16. The third-order valence-electron chi connectivity index (χ3n) is 5.31. The average molecular weight is 494 g/mol. The van der Waals surface area contributed by atoms with Gasteiger partial charge in [-0.25, -0.2) is 0 Å². The van der Waals surface area contributed by atoms with Crippen LogP contribution in [0, 0.1) is 0 Å². The molecule has 0 radical (unpaired) electrons. The van der Waals surface area contributed by atoms with Crippen LogP contribution in [0.5, 0.6) is 5.75 Å². The Balaban J connectivity index is 1.70. The third kappa shape index (κ3) is 6.22. The number of hydrogen-bond acceptors (Lipinski definition) is 3. The van der Waals surface area contributed by atoms with E-state index < -0.39 is 6.04 Å². The topological polar surface area (TPSA) is 58.6 Å². The summed E-state index contributed by atoms with van der Waals surface area (Å²) in [6, 6.07) is 14.4. The van der Waals surface area contributed by atoms with E-state index in [1.807, 2.05) is 30.3 Å². The molecule has 0 spiro atoms. The summed E-state index contributed by atoms with van der Waals surface area (Å²) in [6.07, 6.45) is 4.27. The number of carbonyl (C=O) groups is 2. The van der Waals surface area contributed by atoms with Gasteiger partial charge < -0.3 is 15.0 Å². The number of carbonyl (C=O) groups excluding carboxylic acids is 2. The first-order chi connectivity index (χ1) is 14.4. The second kappa shape index (κ2) is 10.8. The standard InChI is InChI=1S/C23H26BrClN2O3/c1-16(23(29)26-19-9-5-6-10-19)27(14-17-7-3-2-4-8-17)22(28)15-30-21-12-11-18(25)13-20(21)24/h2-4,7-8,11-13,16,19H,5-6,9-10,14-15H2,1H3,(H,26,29). The molecule has 1 atom stereocenters. The zero-order valence-electron chi connectivity index (χ0n) is 16.9. The maximum absolute atomic E-state index is 13.1. The van der Waals surface area contributed by atoms with Crippen LogP contribution in [0.4, 0.5) is 0 Å². The van der Waals surface area contributed by atoms with Crippen molar-refractivity contribution in [2.75, 3.05) is 6.61 Å². The minimum Gasteiger partial charge on any atom is -0.483 e. The average Bonchev–Trinajstić information content (AvgIpc) is 3.24. The molecule has 1 saturated carbocycles. The summed E-state index contributed by atoms with van der Waals surface area (Å²) >= 11 is 9.35. The van der Waals surface area contributed by atoms with Crippen LogP contribution in [-0.4, -0.2) is 35.4 Å². The molecule has 2 aromatic rings. The van der Waals surface area contributed by atoms with Crippen LogP contribution in [-0.2, 0) is 16.1 Å². The van der Waals surface area contributed by atoms with Gasteiger partial charge in [0, 0.05) is 17.6 Å². The molecule has 160 valence electrons. The Bertz CT molecular complexity index is 872. The summed E-state index contributed by atoms with van der Waals surface area (Å²) in [5.41, 5.74) is 0.957. The summed E-state index contributed by atoms with van der Waals surface area (Å²) in [6.45, 7) is 1.93. The number of rotatable bonds is 8. The number of ether oxygens (including phenoxy) is 1. The van der Waals surface area contributed by atoms with Crippen molar-refractivity contribution in [1.29, 1.82) is 0 Å². The monoisotopic (exact) mass is 492 g/mol. The minimum absolute atomic E-state index is 0.126. The van der Waals surface area contributed by atoms with E-state index in [4.69, 9.17) is 16.3 Å².